The number of aromatic nitrogens is 1. The van der Waals surface area contributed by atoms with E-state index in [9.17, 15) is 0 Å². The summed E-state index contributed by atoms with van der Waals surface area (Å²) in [4.78, 5) is 4.08. The third kappa shape index (κ3) is 0.919. The predicted molar refractivity (Wildman–Crippen MR) is 40.8 cm³/mol. The predicted octanol–water partition coefficient (Wildman–Crippen LogP) is 2.21. The van der Waals surface area contributed by atoms with E-state index in [0.29, 0.717) is 0 Å². The zero-order valence-electron chi connectivity index (χ0n) is 6.12. The average molecular weight is 133 g/mol. The van der Waals surface area contributed by atoms with Gasteiger partial charge in [-0.1, -0.05) is 13.0 Å². The van der Waals surface area contributed by atoms with Gasteiger partial charge in [-0.3, -0.25) is 4.98 Å². The molecule has 1 fully saturated rings. The highest BCUT2D eigenvalue weighted by Gasteiger charge is 2.33. The summed E-state index contributed by atoms with van der Waals surface area (Å²) >= 11 is 0. The summed E-state index contributed by atoms with van der Waals surface area (Å²) in [5.41, 5.74) is 1.41. The van der Waals surface area contributed by atoms with Gasteiger partial charge in [0.1, 0.15) is 0 Å². The van der Waals surface area contributed by atoms with E-state index in [-0.39, 0.29) is 0 Å². The fourth-order valence-corrected chi connectivity index (χ4v) is 1.38. The molecule has 0 N–H and O–H groups in total. The molecule has 1 aromatic heterocycles. The van der Waals surface area contributed by atoms with Crippen LogP contribution in [0.25, 0.3) is 0 Å². The second-order valence-corrected chi connectivity index (χ2v) is 3.11. The normalized spacial score (nSPS) is 30.1. The van der Waals surface area contributed by atoms with Gasteiger partial charge in [-0.15, -0.1) is 0 Å². The van der Waals surface area contributed by atoms with Crippen molar-refractivity contribution in [2.75, 3.05) is 0 Å². The zero-order valence-corrected chi connectivity index (χ0v) is 6.12. The maximum Gasteiger partial charge on any atom is 0.0302 e. The molecule has 1 aromatic rings. The summed E-state index contributed by atoms with van der Waals surface area (Å²) in [6.45, 7) is 2.29. The lowest BCUT2D eigenvalue weighted by molar-refractivity contribution is 0.909. The zero-order chi connectivity index (χ0) is 6.97. The van der Waals surface area contributed by atoms with Crippen molar-refractivity contribution in [1.29, 1.82) is 0 Å². The van der Waals surface area contributed by atoms with Crippen LogP contribution in [0, 0.1) is 5.92 Å². The van der Waals surface area contributed by atoms with Gasteiger partial charge in [0.15, 0.2) is 0 Å². The van der Waals surface area contributed by atoms with Crippen LogP contribution in [-0.4, -0.2) is 4.98 Å². The Bertz CT molecular complexity index is 217. The van der Waals surface area contributed by atoms with Gasteiger partial charge in [0.05, 0.1) is 0 Å². The standard InChI is InChI=1S/C9H11N/c1-7-5-9(7)8-3-2-4-10-6-8/h2-4,6-7,9H,5H2,1H3/t7-,9-/m1/s1. The Kier molecular flexibility index (Phi) is 1.23. The summed E-state index contributed by atoms with van der Waals surface area (Å²) in [6, 6.07) is 4.18. The summed E-state index contributed by atoms with van der Waals surface area (Å²) in [6.07, 6.45) is 5.16. The molecule has 1 aliphatic rings. The lowest BCUT2D eigenvalue weighted by atomic mass is 10.2. The van der Waals surface area contributed by atoms with Gasteiger partial charge in [-0.05, 0) is 29.9 Å². The Morgan fingerprint density at radius 2 is 2.40 bits per heavy atom. The molecule has 1 heteroatoms. The molecule has 10 heavy (non-hydrogen) atoms. The van der Waals surface area contributed by atoms with Crippen molar-refractivity contribution >= 4 is 0 Å². The van der Waals surface area contributed by atoms with Gasteiger partial charge in [-0.25, -0.2) is 0 Å². The molecule has 2 rings (SSSR count). The molecule has 0 saturated heterocycles. The van der Waals surface area contributed by atoms with E-state index in [0.717, 1.165) is 11.8 Å². The van der Waals surface area contributed by atoms with E-state index in [1.54, 1.807) is 0 Å². The van der Waals surface area contributed by atoms with Crippen LogP contribution < -0.4 is 0 Å². The first-order chi connectivity index (χ1) is 4.88. The molecule has 2 atom stereocenters. The fourth-order valence-electron chi connectivity index (χ4n) is 1.38. The molecule has 0 aliphatic heterocycles. The maximum atomic E-state index is 4.08. The Balaban J connectivity index is 2.20. The largest absolute Gasteiger partial charge is 0.264 e. The summed E-state index contributed by atoms with van der Waals surface area (Å²) in [5, 5.41) is 0. The molecule has 1 aliphatic carbocycles. The number of hydrogen-bond donors (Lipinski definition) is 0. The Labute approximate surface area is 61.1 Å². The van der Waals surface area contributed by atoms with E-state index in [1.807, 2.05) is 18.5 Å². The van der Waals surface area contributed by atoms with Crippen LogP contribution in [0.2, 0.25) is 0 Å². The molecule has 1 heterocycles. The molecule has 1 saturated carbocycles. The third-order valence-corrected chi connectivity index (χ3v) is 2.22. The summed E-state index contributed by atoms with van der Waals surface area (Å²) in [7, 11) is 0. The topological polar surface area (TPSA) is 12.9 Å². The first kappa shape index (κ1) is 5.90. The van der Waals surface area contributed by atoms with Crippen molar-refractivity contribution < 1.29 is 0 Å². The highest BCUT2D eigenvalue weighted by atomic mass is 14.6. The number of rotatable bonds is 1. The third-order valence-electron chi connectivity index (χ3n) is 2.22. The number of pyridine rings is 1. The second-order valence-electron chi connectivity index (χ2n) is 3.11. The van der Waals surface area contributed by atoms with E-state index in [2.05, 4.69) is 18.0 Å². The van der Waals surface area contributed by atoms with Crippen LogP contribution in [0.4, 0.5) is 0 Å². The van der Waals surface area contributed by atoms with E-state index >= 15 is 0 Å². The van der Waals surface area contributed by atoms with Crippen molar-refractivity contribution in [2.24, 2.45) is 5.92 Å². The van der Waals surface area contributed by atoms with Crippen molar-refractivity contribution in [3.8, 4) is 0 Å². The fraction of sp³-hybridized carbons (Fsp3) is 0.444. The molecule has 52 valence electrons. The second kappa shape index (κ2) is 2.08. The van der Waals surface area contributed by atoms with Gasteiger partial charge in [0.25, 0.3) is 0 Å². The molecule has 0 unspecified atom stereocenters. The monoisotopic (exact) mass is 133 g/mol. The first-order valence-electron chi connectivity index (χ1n) is 3.78. The molecular formula is C9H11N. The lowest BCUT2D eigenvalue weighted by Crippen LogP contribution is -1.80. The Morgan fingerprint density at radius 3 is 2.90 bits per heavy atom. The SMILES string of the molecule is C[C@@H]1C[C@H]1c1cccnc1. The minimum absolute atomic E-state index is 0.814. The maximum absolute atomic E-state index is 4.08. The summed E-state index contributed by atoms with van der Waals surface area (Å²) < 4.78 is 0. The van der Waals surface area contributed by atoms with Crippen molar-refractivity contribution in [3.05, 3.63) is 30.1 Å². The molecule has 1 nitrogen and oxygen atoms in total. The molecule has 0 amide bonds. The minimum Gasteiger partial charge on any atom is -0.264 e. The molecule has 0 radical (unpaired) electrons. The van der Waals surface area contributed by atoms with Crippen LogP contribution in [-0.2, 0) is 0 Å². The quantitative estimate of drug-likeness (QED) is 0.572. The molecule has 0 bridgehead atoms. The van der Waals surface area contributed by atoms with Crippen LogP contribution >= 0.6 is 0 Å². The number of hydrogen-bond acceptors (Lipinski definition) is 1. The molecule has 0 aromatic carbocycles. The number of nitrogens with zero attached hydrogens (tertiary/aromatic N) is 1. The lowest BCUT2D eigenvalue weighted by Gasteiger charge is -1.93. The average Bonchev–Trinajstić information content (AvgIpc) is 2.69. The molecule has 0 spiro atoms. The van der Waals surface area contributed by atoms with Gasteiger partial charge in [0.2, 0.25) is 0 Å². The Hall–Kier alpha value is -0.850. The summed E-state index contributed by atoms with van der Waals surface area (Å²) in [5.74, 6) is 1.71. The van der Waals surface area contributed by atoms with Crippen molar-refractivity contribution in [1.82, 2.24) is 4.98 Å². The van der Waals surface area contributed by atoms with Gasteiger partial charge in [-0.2, -0.15) is 0 Å². The smallest absolute Gasteiger partial charge is 0.0302 e. The Morgan fingerprint density at radius 1 is 1.60 bits per heavy atom. The van der Waals surface area contributed by atoms with E-state index < -0.39 is 0 Å². The molecular weight excluding hydrogens is 122 g/mol. The highest BCUT2D eigenvalue weighted by molar-refractivity contribution is 5.21. The first-order valence-corrected chi connectivity index (χ1v) is 3.78. The van der Waals surface area contributed by atoms with Gasteiger partial charge in [0, 0.05) is 12.4 Å². The van der Waals surface area contributed by atoms with E-state index in [4.69, 9.17) is 0 Å². The van der Waals surface area contributed by atoms with Crippen LogP contribution in [0.1, 0.15) is 24.8 Å². The van der Waals surface area contributed by atoms with Crippen molar-refractivity contribution in [2.45, 2.75) is 19.3 Å². The minimum atomic E-state index is 0.814. The highest BCUT2D eigenvalue weighted by Crippen LogP contribution is 2.46. The van der Waals surface area contributed by atoms with Gasteiger partial charge < -0.3 is 0 Å². The van der Waals surface area contributed by atoms with Crippen molar-refractivity contribution in [3.63, 3.8) is 0 Å². The van der Waals surface area contributed by atoms with Crippen LogP contribution in [0.15, 0.2) is 24.5 Å². The van der Waals surface area contributed by atoms with Crippen LogP contribution in [0.5, 0.6) is 0 Å². The van der Waals surface area contributed by atoms with Gasteiger partial charge >= 0.3 is 0 Å². The van der Waals surface area contributed by atoms with E-state index in [1.165, 1.54) is 12.0 Å². The van der Waals surface area contributed by atoms with Crippen LogP contribution in [0.3, 0.4) is 0 Å².